The summed E-state index contributed by atoms with van der Waals surface area (Å²) >= 11 is 5.94. The monoisotopic (exact) mass is 458 g/mol. The van der Waals surface area contributed by atoms with Gasteiger partial charge in [0.25, 0.3) is 5.91 Å². The number of aliphatic hydroxyl groups is 2. The summed E-state index contributed by atoms with van der Waals surface area (Å²) in [6.45, 7) is 2.53. The maximum atomic E-state index is 12.8. The standard InChI is InChI=1S/C26H35ClN2O3/c1-26(32,18-30)17-28(2)16-19-4-6-20(7-5-19)21-10-14-24(15-11-21)29(3)25(31)22-8-12-23(27)13-9-22/h4-9,12-13,21,24,30,32H,10-11,14-18H2,1-3H3/t21-,24-,26-/m0/s1. The van der Waals surface area contributed by atoms with Crippen LogP contribution in [0, 0.1) is 0 Å². The van der Waals surface area contributed by atoms with Crippen molar-refractivity contribution in [2.24, 2.45) is 0 Å². The van der Waals surface area contributed by atoms with Crippen LogP contribution in [0.3, 0.4) is 0 Å². The van der Waals surface area contributed by atoms with Gasteiger partial charge in [-0.25, -0.2) is 0 Å². The molecule has 5 nitrogen and oxygen atoms in total. The van der Waals surface area contributed by atoms with E-state index >= 15 is 0 Å². The van der Waals surface area contributed by atoms with Gasteiger partial charge in [0.1, 0.15) is 0 Å². The van der Waals surface area contributed by atoms with Gasteiger partial charge >= 0.3 is 0 Å². The highest BCUT2D eigenvalue weighted by Crippen LogP contribution is 2.35. The molecule has 2 aromatic carbocycles. The number of hydrogen-bond acceptors (Lipinski definition) is 4. The zero-order valence-electron chi connectivity index (χ0n) is 19.3. The van der Waals surface area contributed by atoms with E-state index in [0.717, 1.165) is 32.2 Å². The number of benzene rings is 2. The normalized spacial score (nSPS) is 20.7. The number of hydrogen-bond donors (Lipinski definition) is 2. The minimum Gasteiger partial charge on any atom is -0.393 e. The average Bonchev–Trinajstić information content (AvgIpc) is 2.79. The van der Waals surface area contributed by atoms with Crippen molar-refractivity contribution in [2.75, 3.05) is 27.2 Å². The van der Waals surface area contributed by atoms with Crippen molar-refractivity contribution in [1.29, 1.82) is 0 Å². The van der Waals surface area contributed by atoms with Crippen LogP contribution in [-0.4, -0.2) is 64.8 Å². The van der Waals surface area contributed by atoms with Gasteiger partial charge in [0.15, 0.2) is 0 Å². The van der Waals surface area contributed by atoms with Gasteiger partial charge in [0.05, 0.1) is 12.2 Å². The number of carbonyl (C=O) groups excluding carboxylic acids is 1. The van der Waals surface area contributed by atoms with E-state index in [2.05, 4.69) is 24.3 Å². The molecule has 2 N–H and O–H groups in total. The van der Waals surface area contributed by atoms with E-state index < -0.39 is 5.60 Å². The van der Waals surface area contributed by atoms with Crippen molar-refractivity contribution < 1.29 is 15.0 Å². The van der Waals surface area contributed by atoms with E-state index in [9.17, 15) is 15.0 Å². The van der Waals surface area contributed by atoms with Crippen LogP contribution >= 0.6 is 11.6 Å². The highest BCUT2D eigenvalue weighted by atomic mass is 35.5. The van der Waals surface area contributed by atoms with Crippen molar-refractivity contribution >= 4 is 17.5 Å². The molecule has 0 unspecified atom stereocenters. The lowest BCUT2D eigenvalue weighted by atomic mass is 9.81. The van der Waals surface area contributed by atoms with Crippen LogP contribution in [0.25, 0.3) is 0 Å². The molecule has 1 aliphatic carbocycles. The predicted molar refractivity (Wildman–Crippen MR) is 129 cm³/mol. The third-order valence-electron chi connectivity index (χ3n) is 6.51. The largest absolute Gasteiger partial charge is 0.393 e. The Bertz CT molecular complexity index is 875. The van der Waals surface area contributed by atoms with Crippen LogP contribution in [0.15, 0.2) is 48.5 Å². The van der Waals surface area contributed by atoms with E-state index in [1.165, 1.54) is 11.1 Å². The molecule has 1 saturated carbocycles. The molecule has 0 aromatic heterocycles. The Labute approximate surface area is 196 Å². The van der Waals surface area contributed by atoms with Gasteiger partial charge in [-0.3, -0.25) is 9.69 Å². The van der Waals surface area contributed by atoms with Gasteiger partial charge < -0.3 is 15.1 Å². The molecule has 1 amide bonds. The molecular formula is C26H35ClN2O3. The van der Waals surface area contributed by atoms with Crippen LogP contribution in [0.5, 0.6) is 0 Å². The highest BCUT2D eigenvalue weighted by molar-refractivity contribution is 6.30. The van der Waals surface area contributed by atoms with Crippen molar-refractivity contribution in [3.63, 3.8) is 0 Å². The Morgan fingerprint density at radius 3 is 2.19 bits per heavy atom. The first kappa shape index (κ1) is 24.7. The number of carbonyl (C=O) groups is 1. The van der Waals surface area contributed by atoms with Gasteiger partial charge in [0.2, 0.25) is 0 Å². The van der Waals surface area contributed by atoms with Gasteiger partial charge in [-0.15, -0.1) is 0 Å². The highest BCUT2D eigenvalue weighted by Gasteiger charge is 2.28. The summed E-state index contributed by atoms with van der Waals surface area (Å²) in [4.78, 5) is 16.7. The van der Waals surface area contributed by atoms with E-state index in [4.69, 9.17) is 11.6 Å². The smallest absolute Gasteiger partial charge is 0.253 e. The fourth-order valence-corrected chi connectivity index (χ4v) is 4.78. The van der Waals surface area contributed by atoms with Crippen molar-refractivity contribution in [1.82, 2.24) is 9.80 Å². The van der Waals surface area contributed by atoms with E-state index in [-0.39, 0.29) is 18.6 Å². The molecule has 174 valence electrons. The molecule has 1 aliphatic rings. The average molecular weight is 459 g/mol. The summed E-state index contributed by atoms with van der Waals surface area (Å²) in [7, 11) is 3.85. The summed E-state index contributed by atoms with van der Waals surface area (Å²) in [5.41, 5.74) is 2.13. The number of amides is 1. The molecule has 0 spiro atoms. The number of nitrogens with zero attached hydrogens (tertiary/aromatic N) is 2. The lowest BCUT2D eigenvalue weighted by molar-refractivity contribution is -0.0219. The van der Waals surface area contributed by atoms with Gasteiger partial charge in [0, 0.05) is 36.8 Å². The lowest BCUT2D eigenvalue weighted by Crippen LogP contribution is -2.41. The second kappa shape index (κ2) is 10.8. The first-order chi connectivity index (χ1) is 15.2. The van der Waals surface area contributed by atoms with Gasteiger partial charge in [-0.05, 0) is 81.0 Å². The van der Waals surface area contributed by atoms with Crippen molar-refractivity contribution in [3.05, 3.63) is 70.2 Å². The minimum absolute atomic E-state index is 0.0544. The van der Waals surface area contributed by atoms with Crippen LogP contribution in [0.4, 0.5) is 0 Å². The van der Waals surface area contributed by atoms with Gasteiger partial charge in [-0.2, -0.15) is 0 Å². The number of aliphatic hydroxyl groups excluding tert-OH is 1. The summed E-state index contributed by atoms with van der Waals surface area (Å²) in [6, 6.07) is 16.1. The predicted octanol–water partition coefficient (Wildman–Crippen LogP) is 4.31. The quantitative estimate of drug-likeness (QED) is 0.618. The molecule has 2 aromatic rings. The third kappa shape index (κ3) is 6.55. The molecule has 0 radical (unpaired) electrons. The summed E-state index contributed by atoms with van der Waals surface area (Å²) in [5.74, 6) is 0.575. The fraction of sp³-hybridized carbons (Fsp3) is 0.500. The zero-order valence-corrected chi connectivity index (χ0v) is 20.1. The number of halogens is 1. The minimum atomic E-state index is -1.09. The maximum absolute atomic E-state index is 12.8. The molecule has 6 heteroatoms. The van der Waals surface area contributed by atoms with E-state index in [1.54, 1.807) is 31.2 Å². The first-order valence-corrected chi connectivity index (χ1v) is 11.7. The Hall–Kier alpha value is -1.92. The second-order valence-corrected chi connectivity index (χ2v) is 9.93. The van der Waals surface area contributed by atoms with Gasteiger partial charge in [-0.1, -0.05) is 35.9 Å². The Morgan fingerprint density at radius 2 is 1.62 bits per heavy atom. The molecule has 1 atom stereocenters. The van der Waals surface area contributed by atoms with Crippen molar-refractivity contribution in [2.45, 2.75) is 56.7 Å². The summed E-state index contributed by atoms with van der Waals surface area (Å²) in [6.07, 6.45) is 4.14. The first-order valence-electron chi connectivity index (χ1n) is 11.3. The Kier molecular flexibility index (Phi) is 8.34. The molecule has 0 bridgehead atoms. The number of likely N-dealkylation sites (N-methyl/N-ethyl adjacent to an activating group) is 1. The SMILES string of the molecule is CN(Cc1ccc([C@H]2CC[C@H](N(C)C(=O)c3ccc(Cl)cc3)CC2)cc1)C[C@](C)(O)CO. The Morgan fingerprint density at radius 1 is 1.03 bits per heavy atom. The maximum Gasteiger partial charge on any atom is 0.253 e. The van der Waals surface area contributed by atoms with Crippen molar-refractivity contribution in [3.8, 4) is 0 Å². The van der Waals surface area contributed by atoms with Crippen LogP contribution in [0.1, 0.15) is 60.0 Å². The molecular weight excluding hydrogens is 424 g/mol. The van der Waals surface area contributed by atoms with E-state index in [1.807, 2.05) is 23.9 Å². The Balaban J connectivity index is 1.51. The molecule has 0 heterocycles. The molecule has 1 fully saturated rings. The topological polar surface area (TPSA) is 64.0 Å². The molecule has 3 rings (SSSR count). The van der Waals surface area contributed by atoms with E-state index in [0.29, 0.717) is 23.0 Å². The second-order valence-electron chi connectivity index (χ2n) is 9.50. The third-order valence-corrected chi connectivity index (χ3v) is 6.76. The summed E-state index contributed by atoms with van der Waals surface area (Å²) < 4.78 is 0. The fourth-order valence-electron chi connectivity index (χ4n) is 4.65. The van der Waals surface area contributed by atoms with Crippen LogP contribution in [-0.2, 0) is 6.54 Å². The molecule has 0 aliphatic heterocycles. The zero-order chi connectivity index (χ0) is 23.3. The molecule has 32 heavy (non-hydrogen) atoms. The summed E-state index contributed by atoms with van der Waals surface area (Å²) in [5, 5.41) is 19.9. The lowest BCUT2D eigenvalue weighted by Gasteiger charge is -2.35. The van der Waals surface area contributed by atoms with Crippen LogP contribution in [0.2, 0.25) is 5.02 Å². The molecule has 0 saturated heterocycles. The van der Waals surface area contributed by atoms with Crippen LogP contribution < -0.4 is 0 Å². The number of rotatable bonds is 8.